The SMILES string of the molecule is CC1CCC(C(C)C)C(Nc2cc(Cl)ccc2[N+](=O)[O-])C1. The first-order chi connectivity index (χ1) is 9.88. The summed E-state index contributed by atoms with van der Waals surface area (Å²) < 4.78 is 0. The van der Waals surface area contributed by atoms with Crippen molar-refractivity contribution in [3.8, 4) is 0 Å². The number of nitro groups is 1. The maximum absolute atomic E-state index is 11.2. The van der Waals surface area contributed by atoms with Crippen LogP contribution >= 0.6 is 11.6 Å². The van der Waals surface area contributed by atoms with Crippen LogP contribution in [0, 0.1) is 27.9 Å². The minimum Gasteiger partial charge on any atom is -0.376 e. The second kappa shape index (κ2) is 6.65. The highest BCUT2D eigenvalue weighted by Crippen LogP contribution is 2.37. The Kier molecular flexibility index (Phi) is 5.09. The summed E-state index contributed by atoms with van der Waals surface area (Å²) in [7, 11) is 0. The van der Waals surface area contributed by atoms with Crippen LogP contribution in [0.1, 0.15) is 40.0 Å². The Morgan fingerprint density at radius 2 is 2.10 bits per heavy atom. The summed E-state index contributed by atoms with van der Waals surface area (Å²) in [5.41, 5.74) is 0.636. The Morgan fingerprint density at radius 1 is 1.38 bits per heavy atom. The van der Waals surface area contributed by atoms with Gasteiger partial charge in [-0.25, -0.2) is 0 Å². The summed E-state index contributed by atoms with van der Waals surface area (Å²) in [6.07, 6.45) is 3.45. The number of nitrogens with zero attached hydrogens (tertiary/aromatic N) is 1. The maximum atomic E-state index is 11.2. The van der Waals surface area contributed by atoms with Crippen molar-refractivity contribution in [2.45, 2.75) is 46.1 Å². The molecule has 0 amide bonds. The molecule has 21 heavy (non-hydrogen) atoms. The number of benzene rings is 1. The molecule has 1 aromatic rings. The lowest BCUT2D eigenvalue weighted by molar-refractivity contribution is -0.384. The number of hydrogen-bond donors (Lipinski definition) is 1. The molecule has 0 aliphatic heterocycles. The van der Waals surface area contributed by atoms with E-state index in [1.165, 1.54) is 18.9 Å². The van der Waals surface area contributed by atoms with E-state index in [0.29, 0.717) is 28.5 Å². The lowest BCUT2D eigenvalue weighted by Crippen LogP contribution is -2.37. The molecule has 0 aromatic heterocycles. The molecule has 3 atom stereocenters. The highest BCUT2D eigenvalue weighted by atomic mass is 35.5. The Hall–Kier alpha value is -1.29. The van der Waals surface area contributed by atoms with Crippen molar-refractivity contribution >= 4 is 23.0 Å². The predicted molar refractivity (Wildman–Crippen MR) is 86.9 cm³/mol. The van der Waals surface area contributed by atoms with E-state index in [-0.39, 0.29) is 16.7 Å². The Labute approximate surface area is 131 Å². The highest BCUT2D eigenvalue weighted by molar-refractivity contribution is 6.31. The van der Waals surface area contributed by atoms with Gasteiger partial charge in [0, 0.05) is 17.1 Å². The highest BCUT2D eigenvalue weighted by Gasteiger charge is 2.31. The van der Waals surface area contributed by atoms with E-state index in [2.05, 4.69) is 26.1 Å². The van der Waals surface area contributed by atoms with Crippen molar-refractivity contribution in [1.82, 2.24) is 0 Å². The molecule has 0 saturated heterocycles. The van der Waals surface area contributed by atoms with Crippen molar-refractivity contribution in [2.75, 3.05) is 5.32 Å². The van der Waals surface area contributed by atoms with Gasteiger partial charge in [-0.05, 0) is 42.7 Å². The number of nitro benzene ring substituents is 1. The lowest BCUT2D eigenvalue weighted by atomic mass is 9.74. The third kappa shape index (κ3) is 3.88. The van der Waals surface area contributed by atoms with E-state index in [9.17, 15) is 10.1 Å². The Bertz CT molecular complexity index is 519. The van der Waals surface area contributed by atoms with Gasteiger partial charge >= 0.3 is 0 Å². The van der Waals surface area contributed by atoms with E-state index < -0.39 is 0 Å². The van der Waals surface area contributed by atoms with E-state index in [1.807, 2.05) is 0 Å². The number of nitrogens with one attached hydrogen (secondary N) is 1. The predicted octanol–water partition coefficient (Wildman–Crippen LogP) is 5.12. The molecule has 4 nitrogen and oxygen atoms in total. The molecule has 0 radical (unpaired) electrons. The van der Waals surface area contributed by atoms with Crippen LogP contribution < -0.4 is 5.32 Å². The maximum Gasteiger partial charge on any atom is 0.292 e. The molecular weight excluding hydrogens is 288 g/mol. The van der Waals surface area contributed by atoms with Crippen molar-refractivity contribution in [3.63, 3.8) is 0 Å². The molecule has 3 unspecified atom stereocenters. The largest absolute Gasteiger partial charge is 0.376 e. The van der Waals surface area contributed by atoms with E-state index in [4.69, 9.17) is 11.6 Å². The molecule has 5 heteroatoms. The summed E-state index contributed by atoms with van der Waals surface area (Å²) in [6, 6.07) is 4.97. The second-order valence-electron chi connectivity index (χ2n) is 6.50. The summed E-state index contributed by atoms with van der Waals surface area (Å²) in [5.74, 6) is 1.75. The van der Waals surface area contributed by atoms with Crippen LogP contribution in [-0.4, -0.2) is 11.0 Å². The molecule has 2 rings (SSSR count). The zero-order chi connectivity index (χ0) is 15.6. The molecule has 0 spiro atoms. The molecule has 1 saturated carbocycles. The van der Waals surface area contributed by atoms with Crippen molar-refractivity contribution in [3.05, 3.63) is 33.3 Å². The summed E-state index contributed by atoms with van der Waals surface area (Å²) >= 11 is 6.00. The van der Waals surface area contributed by atoms with Gasteiger partial charge in [-0.15, -0.1) is 0 Å². The van der Waals surface area contributed by atoms with Crippen LogP contribution in [0.25, 0.3) is 0 Å². The number of halogens is 1. The van der Waals surface area contributed by atoms with Crippen molar-refractivity contribution < 1.29 is 4.92 Å². The normalized spacial score (nSPS) is 25.9. The average molecular weight is 311 g/mol. The standard InChI is InChI=1S/C16H23ClN2O2/c1-10(2)13-6-4-11(3)8-14(13)18-15-9-12(17)5-7-16(15)19(20)21/h5,7,9-11,13-14,18H,4,6,8H2,1-3H3. The fraction of sp³-hybridized carbons (Fsp3) is 0.625. The van der Waals surface area contributed by atoms with E-state index in [1.54, 1.807) is 12.1 Å². The van der Waals surface area contributed by atoms with E-state index in [0.717, 1.165) is 6.42 Å². The minimum atomic E-state index is -0.352. The average Bonchev–Trinajstić information content (AvgIpc) is 2.38. The van der Waals surface area contributed by atoms with Gasteiger partial charge in [0.05, 0.1) is 4.92 Å². The Balaban J connectivity index is 2.26. The molecular formula is C16H23ClN2O2. The van der Waals surface area contributed by atoms with Gasteiger partial charge < -0.3 is 5.32 Å². The fourth-order valence-corrected chi connectivity index (χ4v) is 3.52. The van der Waals surface area contributed by atoms with Crippen molar-refractivity contribution in [2.24, 2.45) is 17.8 Å². The van der Waals surface area contributed by atoms with Gasteiger partial charge in [0.1, 0.15) is 5.69 Å². The minimum absolute atomic E-state index is 0.0973. The molecule has 1 aliphatic carbocycles. The lowest BCUT2D eigenvalue weighted by Gasteiger charge is -2.38. The summed E-state index contributed by atoms with van der Waals surface area (Å²) in [5, 5.41) is 15.1. The summed E-state index contributed by atoms with van der Waals surface area (Å²) in [6.45, 7) is 6.70. The van der Waals surface area contributed by atoms with Crippen LogP contribution in [0.3, 0.4) is 0 Å². The number of anilines is 1. The zero-order valence-electron chi connectivity index (χ0n) is 12.8. The van der Waals surface area contributed by atoms with E-state index >= 15 is 0 Å². The number of rotatable bonds is 4. The van der Waals surface area contributed by atoms with Crippen LogP contribution in [0.5, 0.6) is 0 Å². The van der Waals surface area contributed by atoms with Crippen molar-refractivity contribution in [1.29, 1.82) is 0 Å². The van der Waals surface area contributed by atoms with Gasteiger partial charge in [-0.1, -0.05) is 38.8 Å². The quantitative estimate of drug-likeness (QED) is 0.620. The van der Waals surface area contributed by atoms with Gasteiger partial charge in [-0.3, -0.25) is 10.1 Å². The van der Waals surface area contributed by atoms with Crippen LogP contribution in [0.4, 0.5) is 11.4 Å². The van der Waals surface area contributed by atoms with Gasteiger partial charge in [0.2, 0.25) is 0 Å². The molecule has 1 N–H and O–H groups in total. The topological polar surface area (TPSA) is 55.2 Å². The second-order valence-corrected chi connectivity index (χ2v) is 6.93. The van der Waals surface area contributed by atoms with Gasteiger partial charge in [-0.2, -0.15) is 0 Å². The first-order valence-electron chi connectivity index (χ1n) is 7.59. The molecule has 1 fully saturated rings. The van der Waals surface area contributed by atoms with Crippen LogP contribution in [0.15, 0.2) is 18.2 Å². The first-order valence-corrected chi connectivity index (χ1v) is 7.96. The third-order valence-electron chi connectivity index (χ3n) is 4.52. The smallest absolute Gasteiger partial charge is 0.292 e. The Morgan fingerprint density at radius 3 is 2.71 bits per heavy atom. The molecule has 116 valence electrons. The molecule has 1 aliphatic rings. The van der Waals surface area contributed by atoms with Crippen LogP contribution in [0.2, 0.25) is 5.02 Å². The number of hydrogen-bond acceptors (Lipinski definition) is 3. The zero-order valence-corrected chi connectivity index (χ0v) is 13.6. The first kappa shape index (κ1) is 16.1. The molecule has 1 aromatic carbocycles. The fourth-order valence-electron chi connectivity index (χ4n) is 3.35. The monoisotopic (exact) mass is 310 g/mol. The molecule has 0 bridgehead atoms. The summed E-state index contributed by atoms with van der Waals surface area (Å²) in [4.78, 5) is 10.8. The van der Waals surface area contributed by atoms with Gasteiger partial charge in [0.15, 0.2) is 0 Å². The van der Waals surface area contributed by atoms with Gasteiger partial charge in [0.25, 0.3) is 5.69 Å². The molecule has 0 heterocycles. The van der Waals surface area contributed by atoms with Crippen LogP contribution in [-0.2, 0) is 0 Å². The third-order valence-corrected chi connectivity index (χ3v) is 4.75.